The van der Waals surface area contributed by atoms with Gasteiger partial charge in [-0.3, -0.25) is 0 Å². The molecule has 0 aromatic carbocycles. The van der Waals surface area contributed by atoms with E-state index in [1.165, 1.54) is 0 Å². The summed E-state index contributed by atoms with van der Waals surface area (Å²) in [7, 11) is 1.99. The summed E-state index contributed by atoms with van der Waals surface area (Å²) >= 11 is 0. The Morgan fingerprint density at radius 2 is 1.89 bits per heavy atom. The minimum atomic E-state index is -0.146. The standard InChI is InChI=1S/C14H23N3O/c1-13(2)6-11(14(3,4)18-13)12(15-5)10-7-16-9-17-8-10/h7-9,11-12,15H,6H2,1-5H3. The van der Waals surface area contributed by atoms with Gasteiger partial charge in [0.2, 0.25) is 0 Å². The van der Waals surface area contributed by atoms with Gasteiger partial charge >= 0.3 is 0 Å². The molecule has 2 heterocycles. The molecule has 2 rings (SSSR count). The van der Waals surface area contributed by atoms with Crippen molar-refractivity contribution in [3.8, 4) is 0 Å². The molecule has 1 aliphatic rings. The summed E-state index contributed by atoms with van der Waals surface area (Å²) < 4.78 is 6.17. The lowest BCUT2D eigenvalue weighted by atomic mass is 9.79. The summed E-state index contributed by atoms with van der Waals surface area (Å²) in [4.78, 5) is 8.23. The highest BCUT2D eigenvalue weighted by molar-refractivity contribution is 5.14. The van der Waals surface area contributed by atoms with Gasteiger partial charge in [0.05, 0.1) is 11.2 Å². The number of hydrogen-bond acceptors (Lipinski definition) is 4. The fraction of sp³-hybridized carbons (Fsp3) is 0.714. The van der Waals surface area contributed by atoms with Crippen LogP contribution < -0.4 is 5.32 Å². The Labute approximate surface area is 109 Å². The lowest BCUT2D eigenvalue weighted by Crippen LogP contribution is -2.37. The fourth-order valence-corrected chi connectivity index (χ4v) is 3.20. The van der Waals surface area contributed by atoms with Crippen LogP contribution in [0.15, 0.2) is 18.7 Å². The number of nitrogens with one attached hydrogen (secondary N) is 1. The zero-order valence-corrected chi connectivity index (χ0v) is 11.9. The molecule has 0 saturated carbocycles. The Hall–Kier alpha value is -1.00. The predicted molar refractivity (Wildman–Crippen MR) is 71.2 cm³/mol. The molecule has 1 aromatic rings. The van der Waals surface area contributed by atoms with Gasteiger partial charge in [-0.25, -0.2) is 9.97 Å². The molecule has 4 nitrogen and oxygen atoms in total. The summed E-state index contributed by atoms with van der Waals surface area (Å²) in [6.45, 7) is 8.65. The molecule has 1 fully saturated rings. The number of aromatic nitrogens is 2. The molecule has 4 heteroatoms. The van der Waals surface area contributed by atoms with Gasteiger partial charge in [0.25, 0.3) is 0 Å². The molecule has 2 unspecified atom stereocenters. The SMILES string of the molecule is CNC(c1cncnc1)C1CC(C)(C)OC1(C)C. The molecule has 0 radical (unpaired) electrons. The van der Waals surface area contributed by atoms with Crippen LogP contribution in [-0.2, 0) is 4.74 Å². The first-order valence-corrected chi connectivity index (χ1v) is 6.48. The van der Waals surface area contributed by atoms with Gasteiger partial charge in [-0.15, -0.1) is 0 Å². The Morgan fingerprint density at radius 1 is 1.28 bits per heavy atom. The Kier molecular flexibility index (Phi) is 3.43. The van der Waals surface area contributed by atoms with E-state index >= 15 is 0 Å². The van der Waals surface area contributed by atoms with E-state index in [1.807, 2.05) is 19.4 Å². The van der Waals surface area contributed by atoms with Gasteiger partial charge < -0.3 is 10.1 Å². The second kappa shape index (κ2) is 4.59. The van der Waals surface area contributed by atoms with Crippen molar-refractivity contribution in [2.24, 2.45) is 5.92 Å². The molecule has 1 N–H and O–H groups in total. The predicted octanol–water partition coefficient (Wildman–Crippen LogP) is 2.33. The Bertz CT molecular complexity index is 403. The van der Waals surface area contributed by atoms with Gasteiger partial charge in [-0.05, 0) is 41.2 Å². The molecule has 100 valence electrons. The highest BCUT2D eigenvalue weighted by atomic mass is 16.5. The smallest absolute Gasteiger partial charge is 0.115 e. The maximum Gasteiger partial charge on any atom is 0.115 e. The monoisotopic (exact) mass is 249 g/mol. The summed E-state index contributed by atoms with van der Waals surface area (Å²) in [6.07, 6.45) is 6.36. The normalized spacial score (nSPS) is 27.1. The lowest BCUT2D eigenvalue weighted by molar-refractivity contribution is -0.0776. The van der Waals surface area contributed by atoms with Crippen LogP contribution in [0.2, 0.25) is 0 Å². The van der Waals surface area contributed by atoms with Gasteiger partial charge in [-0.2, -0.15) is 0 Å². The maximum atomic E-state index is 6.17. The van der Waals surface area contributed by atoms with Crippen LogP contribution in [0.3, 0.4) is 0 Å². The van der Waals surface area contributed by atoms with Crippen LogP contribution in [0, 0.1) is 5.92 Å². The minimum absolute atomic E-state index is 0.0705. The molecule has 1 aliphatic heterocycles. The van der Waals surface area contributed by atoms with Crippen molar-refractivity contribution in [1.29, 1.82) is 0 Å². The van der Waals surface area contributed by atoms with Crippen molar-refractivity contribution in [2.75, 3.05) is 7.05 Å². The number of hydrogen-bond donors (Lipinski definition) is 1. The zero-order valence-electron chi connectivity index (χ0n) is 11.9. The third-order valence-electron chi connectivity index (χ3n) is 3.80. The first kappa shape index (κ1) is 13.4. The summed E-state index contributed by atoms with van der Waals surface area (Å²) in [6, 6.07) is 0.225. The largest absolute Gasteiger partial charge is 0.369 e. The maximum absolute atomic E-state index is 6.17. The van der Waals surface area contributed by atoms with Gasteiger partial charge in [0.1, 0.15) is 6.33 Å². The van der Waals surface area contributed by atoms with Gasteiger partial charge in [-0.1, -0.05) is 0 Å². The van der Waals surface area contributed by atoms with Crippen LogP contribution in [0.25, 0.3) is 0 Å². The van der Waals surface area contributed by atoms with Gasteiger partial charge in [0.15, 0.2) is 0 Å². The number of nitrogens with zero attached hydrogens (tertiary/aromatic N) is 2. The van der Waals surface area contributed by atoms with E-state index in [0.29, 0.717) is 5.92 Å². The van der Waals surface area contributed by atoms with Crippen molar-refractivity contribution < 1.29 is 4.74 Å². The Morgan fingerprint density at radius 3 is 2.33 bits per heavy atom. The van der Waals surface area contributed by atoms with Crippen LogP contribution in [0.5, 0.6) is 0 Å². The summed E-state index contributed by atoms with van der Waals surface area (Å²) in [5.41, 5.74) is 0.908. The molecule has 0 spiro atoms. The van der Waals surface area contributed by atoms with Crippen molar-refractivity contribution in [1.82, 2.24) is 15.3 Å². The van der Waals surface area contributed by atoms with E-state index < -0.39 is 0 Å². The zero-order chi connectivity index (χ0) is 13.4. The quantitative estimate of drug-likeness (QED) is 0.893. The number of ether oxygens (including phenoxy) is 1. The molecule has 1 saturated heterocycles. The van der Waals surface area contributed by atoms with Crippen LogP contribution in [-0.4, -0.2) is 28.2 Å². The van der Waals surface area contributed by atoms with Crippen LogP contribution in [0.1, 0.15) is 45.7 Å². The average molecular weight is 249 g/mol. The van der Waals surface area contributed by atoms with Crippen molar-refractivity contribution in [2.45, 2.75) is 51.4 Å². The average Bonchev–Trinajstić information content (AvgIpc) is 2.50. The summed E-state index contributed by atoms with van der Waals surface area (Å²) in [5.74, 6) is 0.406. The fourth-order valence-electron chi connectivity index (χ4n) is 3.20. The molecule has 0 aliphatic carbocycles. The number of rotatable bonds is 3. The van der Waals surface area contributed by atoms with Crippen molar-refractivity contribution in [3.63, 3.8) is 0 Å². The van der Waals surface area contributed by atoms with E-state index in [0.717, 1.165) is 12.0 Å². The third kappa shape index (κ3) is 2.54. The molecular weight excluding hydrogens is 226 g/mol. The highest BCUT2D eigenvalue weighted by Crippen LogP contribution is 2.47. The van der Waals surface area contributed by atoms with Crippen molar-refractivity contribution >= 4 is 0 Å². The molecular formula is C14H23N3O. The van der Waals surface area contributed by atoms with Crippen LogP contribution in [0.4, 0.5) is 0 Å². The highest BCUT2D eigenvalue weighted by Gasteiger charge is 2.49. The lowest BCUT2D eigenvalue weighted by Gasteiger charge is -2.32. The molecule has 0 bridgehead atoms. The second-order valence-electron chi connectivity index (χ2n) is 6.21. The topological polar surface area (TPSA) is 47.0 Å². The first-order chi connectivity index (χ1) is 8.36. The molecule has 1 aromatic heterocycles. The molecule has 18 heavy (non-hydrogen) atoms. The Balaban J connectivity index is 2.29. The first-order valence-electron chi connectivity index (χ1n) is 6.48. The second-order valence-corrected chi connectivity index (χ2v) is 6.21. The van der Waals surface area contributed by atoms with E-state index in [9.17, 15) is 0 Å². The van der Waals surface area contributed by atoms with E-state index in [-0.39, 0.29) is 17.2 Å². The van der Waals surface area contributed by atoms with E-state index in [2.05, 4.69) is 43.0 Å². The molecule has 2 atom stereocenters. The molecule has 0 amide bonds. The van der Waals surface area contributed by atoms with Crippen molar-refractivity contribution in [3.05, 3.63) is 24.3 Å². The van der Waals surface area contributed by atoms with E-state index in [1.54, 1.807) is 6.33 Å². The van der Waals surface area contributed by atoms with Crippen LogP contribution >= 0.6 is 0 Å². The summed E-state index contributed by atoms with van der Waals surface area (Å²) in [5, 5.41) is 3.39. The van der Waals surface area contributed by atoms with Gasteiger partial charge in [0, 0.05) is 29.9 Å². The van der Waals surface area contributed by atoms with E-state index in [4.69, 9.17) is 4.74 Å². The third-order valence-corrected chi connectivity index (χ3v) is 3.80. The minimum Gasteiger partial charge on any atom is -0.369 e.